The van der Waals surface area contributed by atoms with Crippen molar-refractivity contribution in [1.82, 2.24) is 29.8 Å². The number of aryl methyl sites for hydroxylation is 2. The second-order valence-corrected chi connectivity index (χ2v) is 5.64. The van der Waals surface area contributed by atoms with Crippen LogP contribution in [0, 0.1) is 0 Å². The number of rotatable bonds is 3. The molecule has 0 bridgehead atoms. The molecule has 8 nitrogen and oxygen atoms in total. The summed E-state index contributed by atoms with van der Waals surface area (Å²) in [4.78, 5) is 22.8. The summed E-state index contributed by atoms with van der Waals surface area (Å²) in [5, 5.41) is 8.41. The molecule has 4 heterocycles. The van der Waals surface area contributed by atoms with Gasteiger partial charge < -0.3 is 9.42 Å². The van der Waals surface area contributed by atoms with Crippen molar-refractivity contribution in [2.45, 2.75) is 26.4 Å². The van der Waals surface area contributed by atoms with E-state index in [9.17, 15) is 4.79 Å². The van der Waals surface area contributed by atoms with Gasteiger partial charge in [0.15, 0.2) is 11.5 Å². The smallest absolute Gasteiger partial charge is 0.278 e. The normalized spacial score (nSPS) is 13.3. The number of fused-ring (bicyclic) bond motifs is 1. The summed E-state index contributed by atoms with van der Waals surface area (Å²) in [7, 11) is 1.86. The van der Waals surface area contributed by atoms with Crippen LogP contribution in [-0.4, -0.2) is 35.7 Å². The number of amides is 1. The Kier molecular flexibility index (Phi) is 3.37. The minimum Gasteiger partial charge on any atom is -0.332 e. The van der Waals surface area contributed by atoms with Crippen LogP contribution < -0.4 is 0 Å². The zero-order valence-electron chi connectivity index (χ0n) is 13.4. The summed E-state index contributed by atoms with van der Waals surface area (Å²) in [6.45, 7) is 2.91. The molecular formula is C16H16N6O2. The molecule has 8 heteroatoms. The molecule has 4 rings (SSSR count). The quantitative estimate of drug-likeness (QED) is 0.726. The largest absolute Gasteiger partial charge is 0.332 e. The number of pyridine rings is 1. The minimum absolute atomic E-state index is 0.0995. The standard InChI is InChI=1S/C16H16N6O2/c1-3-13-18-15(24-20-13)14-10-8-22(9-12(10)21(2)19-14)16(23)11-6-4-5-7-17-11/h4-7H,3,8-9H2,1-2H3. The maximum atomic E-state index is 12.6. The number of hydrogen-bond donors (Lipinski definition) is 0. The van der Waals surface area contributed by atoms with Gasteiger partial charge in [-0.2, -0.15) is 10.1 Å². The van der Waals surface area contributed by atoms with Crippen LogP contribution >= 0.6 is 0 Å². The first kappa shape index (κ1) is 14.6. The van der Waals surface area contributed by atoms with Gasteiger partial charge in [-0.15, -0.1) is 0 Å². The molecule has 122 valence electrons. The first-order chi connectivity index (χ1) is 11.7. The molecule has 0 saturated carbocycles. The van der Waals surface area contributed by atoms with Gasteiger partial charge in [0.05, 0.1) is 18.8 Å². The van der Waals surface area contributed by atoms with Gasteiger partial charge in [0.2, 0.25) is 0 Å². The van der Waals surface area contributed by atoms with Gasteiger partial charge in [-0.3, -0.25) is 14.5 Å². The van der Waals surface area contributed by atoms with Crippen molar-refractivity contribution in [3.05, 3.63) is 47.2 Å². The zero-order chi connectivity index (χ0) is 16.7. The average Bonchev–Trinajstić information content (AvgIpc) is 3.31. The van der Waals surface area contributed by atoms with Crippen molar-refractivity contribution in [1.29, 1.82) is 0 Å². The van der Waals surface area contributed by atoms with Crippen LogP contribution in [0.25, 0.3) is 11.6 Å². The highest BCUT2D eigenvalue weighted by Crippen LogP contribution is 2.31. The van der Waals surface area contributed by atoms with Gasteiger partial charge in [-0.05, 0) is 12.1 Å². The molecule has 0 aliphatic carbocycles. The zero-order valence-corrected chi connectivity index (χ0v) is 13.4. The fourth-order valence-electron chi connectivity index (χ4n) is 2.85. The van der Waals surface area contributed by atoms with Gasteiger partial charge in [0, 0.05) is 25.2 Å². The SMILES string of the molecule is CCc1noc(-c2nn(C)c3c2CN(C(=O)c2ccccn2)C3)n1. The first-order valence-electron chi connectivity index (χ1n) is 7.75. The van der Waals surface area contributed by atoms with E-state index in [1.165, 1.54) is 0 Å². The van der Waals surface area contributed by atoms with E-state index >= 15 is 0 Å². The molecule has 3 aromatic rings. The summed E-state index contributed by atoms with van der Waals surface area (Å²) in [6.07, 6.45) is 2.32. The van der Waals surface area contributed by atoms with E-state index in [4.69, 9.17) is 4.52 Å². The number of aromatic nitrogens is 5. The highest BCUT2D eigenvalue weighted by atomic mass is 16.5. The Morgan fingerprint density at radius 2 is 2.21 bits per heavy atom. The summed E-state index contributed by atoms with van der Waals surface area (Å²) >= 11 is 0. The Labute approximate surface area is 138 Å². The maximum Gasteiger partial charge on any atom is 0.278 e. The fraction of sp³-hybridized carbons (Fsp3) is 0.312. The Morgan fingerprint density at radius 1 is 1.33 bits per heavy atom. The van der Waals surface area contributed by atoms with E-state index < -0.39 is 0 Å². The molecule has 3 aromatic heterocycles. The molecule has 0 atom stereocenters. The molecule has 0 N–H and O–H groups in total. The van der Waals surface area contributed by atoms with Gasteiger partial charge in [-0.1, -0.05) is 18.1 Å². The number of nitrogens with zero attached hydrogens (tertiary/aromatic N) is 6. The van der Waals surface area contributed by atoms with E-state index in [1.54, 1.807) is 34.0 Å². The number of carbonyl (C=O) groups is 1. The molecule has 0 spiro atoms. The van der Waals surface area contributed by atoms with E-state index in [2.05, 4.69) is 20.2 Å². The fourth-order valence-corrected chi connectivity index (χ4v) is 2.85. The average molecular weight is 324 g/mol. The van der Waals surface area contributed by atoms with Crippen LogP contribution in [0.3, 0.4) is 0 Å². The molecule has 1 aliphatic rings. The molecule has 24 heavy (non-hydrogen) atoms. The van der Waals surface area contributed by atoms with Crippen molar-refractivity contribution in [2.75, 3.05) is 0 Å². The predicted molar refractivity (Wildman–Crippen MR) is 83.7 cm³/mol. The van der Waals surface area contributed by atoms with Gasteiger partial charge in [0.1, 0.15) is 5.69 Å². The van der Waals surface area contributed by atoms with Crippen molar-refractivity contribution in [2.24, 2.45) is 7.05 Å². The molecular weight excluding hydrogens is 308 g/mol. The van der Waals surface area contributed by atoms with Crippen LogP contribution in [-0.2, 0) is 26.6 Å². The highest BCUT2D eigenvalue weighted by molar-refractivity contribution is 5.92. The Morgan fingerprint density at radius 3 is 2.92 bits per heavy atom. The number of carbonyl (C=O) groups excluding carboxylic acids is 1. The van der Waals surface area contributed by atoms with E-state index in [-0.39, 0.29) is 5.91 Å². The monoisotopic (exact) mass is 324 g/mol. The van der Waals surface area contributed by atoms with Crippen LogP contribution in [0.5, 0.6) is 0 Å². The third kappa shape index (κ3) is 2.27. The van der Waals surface area contributed by atoms with E-state index in [0.29, 0.717) is 42.6 Å². The number of hydrogen-bond acceptors (Lipinski definition) is 6. The lowest BCUT2D eigenvalue weighted by atomic mass is 10.2. The Bertz CT molecular complexity index is 899. The highest BCUT2D eigenvalue weighted by Gasteiger charge is 2.32. The van der Waals surface area contributed by atoms with Crippen LogP contribution in [0.1, 0.15) is 34.5 Å². The topological polar surface area (TPSA) is 89.9 Å². The van der Waals surface area contributed by atoms with E-state index in [0.717, 1.165) is 11.3 Å². The molecule has 1 amide bonds. The third-order valence-electron chi connectivity index (χ3n) is 4.12. The molecule has 0 radical (unpaired) electrons. The van der Waals surface area contributed by atoms with Crippen LogP contribution in [0.4, 0.5) is 0 Å². The summed E-state index contributed by atoms with van der Waals surface area (Å²) in [5.41, 5.74) is 3.01. The van der Waals surface area contributed by atoms with Gasteiger partial charge in [-0.25, -0.2) is 0 Å². The Balaban J connectivity index is 1.65. The lowest BCUT2D eigenvalue weighted by Crippen LogP contribution is -2.27. The molecule has 0 unspecified atom stereocenters. The van der Waals surface area contributed by atoms with Gasteiger partial charge >= 0.3 is 0 Å². The predicted octanol–water partition coefficient (Wildman–Crippen LogP) is 1.58. The summed E-state index contributed by atoms with van der Waals surface area (Å²) in [5.74, 6) is 0.942. The summed E-state index contributed by atoms with van der Waals surface area (Å²) < 4.78 is 7.08. The van der Waals surface area contributed by atoms with Crippen molar-refractivity contribution in [3.8, 4) is 11.6 Å². The molecule has 0 aromatic carbocycles. The summed E-state index contributed by atoms with van der Waals surface area (Å²) in [6, 6.07) is 5.32. The molecule has 0 fully saturated rings. The van der Waals surface area contributed by atoms with Crippen LogP contribution in [0.15, 0.2) is 28.9 Å². The second kappa shape index (κ2) is 5.55. The van der Waals surface area contributed by atoms with E-state index in [1.807, 2.05) is 14.0 Å². The van der Waals surface area contributed by atoms with Crippen molar-refractivity contribution < 1.29 is 9.32 Å². The molecule has 1 aliphatic heterocycles. The van der Waals surface area contributed by atoms with Crippen molar-refractivity contribution in [3.63, 3.8) is 0 Å². The van der Waals surface area contributed by atoms with Crippen LogP contribution in [0.2, 0.25) is 0 Å². The molecule has 0 saturated heterocycles. The van der Waals surface area contributed by atoms with Crippen molar-refractivity contribution >= 4 is 5.91 Å². The minimum atomic E-state index is -0.0995. The lowest BCUT2D eigenvalue weighted by Gasteiger charge is -2.15. The second-order valence-electron chi connectivity index (χ2n) is 5.64. The van der Waals surface area contributed by atoms with Gasteiger partial charge in [0.25, 0.3) is 11.8 Å². The maximum absolute atomic E-state index is 12.6. The lowest BCUT2D eigenvalue weighted by molar-refractivity contribution is 0.0742. The Hall–Kier alpha value is -3.03. The first-order valence-corrected chi connectivity index (χ1v) is 7.75. The third-order valence-corrected chi connectivity index (χ3v) is 4.12.